The molecule has 0 heterocycles. The second-order valence-electron chi connectivity index (χ2n) is 5.13. The van der Waals surface area contributed by atoms with Crippen LogP contribution in [0.5, 0.6) is 0 Å². The molecular formula is C10H6F16O3S. The molecule has 0 aromatic heterocycles. The van der Waals surface area contributed by atoms with E-state index in [2.05, 4.69) is 8.37 Å². The molecule has 0 aromatic carbocycles. The highest BCUT2D eigenvalue weighted by Crippen LogP contribution is 2.50. The van der Waals surface area contributed by atoms with Crippen LogP contribution in [0, 0.1) is 0 Å². The van der Waals surface area contributed by atoms with Gasteiger partial charge in [-0.25, -0.2) is 17.6 Å². The smallest absolute Gasteiger partial charge is 0.262 e. The molecule has 0 atom stereocenters. The maximum absolute atomic E-state index is 13.0. The van der Waals surface area contributed by atoms with Gasteiger partial charge in [-0.1, -0.05) is 0 Å². The summed E-state index contributed by atoms with van der Waals surface area (Å²) in [6.45, 7) is -6.41. The van der Waals surface area contributed by atoms with Gasteiger partial charge in [0.1, 0.15) is 13.2 Å². The van der Waals surface area contributed by atoms with Crippen LogP contribution in [-0.4, -0.2) is 65.8 Å². The van der Waals surface area contributed by atoms with Gasteiger partial charge in [0.25, 0.3) is 0 Å². The molecule has 0 fully saturated rings. The van der Waals surface area contributed by atoms with Crippen molar-refractivity contribution in [2.45, 2.75) is 48.4 Å². The van der Waals surface area contributed by atoms with Gasteiger partial charge in [0.05, 0.1) is 0 Å². The van der Waals surface area contributed by atoms with Crippen LogP contribution in [-0.2, 0) is 19.7 Å². The van der Waals surface area contributed by atoms with Gasteiger partial charge >= 0.3 is 59.7 Å². The first-order chi connectivity index (χ1) is 13.0. The van der Waals surface area contributed by atoms with Crippen molar-refractivity contribution in [2.24, 2.45) is 0 Å². The Morgan fingerprint density at radius 3 is 1.00 bits per heavy atom. The van der Waals surface area contributed by atoms with Gasteiger partial charge in [-0.05, 0) is 0 Å². The SMILES string of the molecule is O=S(OCC(F)(F)C(F)(F)C(F)(F)C(F)F)OCC(F)(F)C(F)(F)C(F)(F)C(F)F. The summed E-state index contributed by atoms with van der Waals surface area (Å²) in [6, 6.07) is 0. The van der Waals surface area contributed by atoms with E-state index in [0.29, 0.717) is 0 Å². The molecule has 0 amide bonds. The van der Waals surface area contributed by atoms with Crippen LogP contribution < -0.4 is 0 Å². The zero-order chi connectivity index (χ0) is 24.6. The predicted molar refractivity (Wildman–Crippen MR) is 61.7 cm³/mol. The van der Waals surface area contributed by atoms with Gasteiger partial charge in [0.2, 0.25) is 0 Å². The van der Waals surface area contributed by atoms with Crippen LogP contribution in [0.1, 0.15) is 0 Å². The summed E-state index contributed by atoms with van der Waals surface area (Å²) >= 11 is -4.25. The molecule has 0 radical (unpaired) electrons. The average Bonchev–Trinajstić information content (AvgIpc) is 2.57. The molecule has 0 spiro atoms. The minimum Gasteiger partial charge on any atom is -0.262 e. The summed E-state index contributed by atoms with van der Waals surface area (Å²) in [6.07, 6.45) is -10.7. The van der Waals surface area contributed by atoms with Gasteiger partial charge in [0.15, 0.2) is 0 Å². The first kappa shape index (κ1) is 28.9. The molecule has 182 valence electrons. The molecule has 30 heavy (non-hydrogen) atoms. The summed E-state index contributed by atoms with van der Waals surface area (Å²) in [4.78, 5) is 0. The molecule has 0 saturated heterocycles. The van der Waals surface area contributed by atoms with E-state index in [1.807, 2.05) is 0 Å². The lowest BCUT2D eigenvalue weighted by Gasteiger charge is -2.32. The molecule has 0 rings (SSSR count). The second-order valence-corrected chi connectivity index (χ2v) is 6.01. The third-order valence-electron chi connectivity index (χ3n) is 2.98. The van der Waals surface area contributed by atoms with Gasteiger partial charge in [0, 0.05) is 0 Å². The first-order valence-electron chi connectivity index (χ1n) is 6.50. The van der Waals surface area contributed by atoms with Gasteiger partial charge < -0.3 is 0 Å². The van der Waals surface area contributed by atoms with Crippen molar-refractivity contribution in [3.63, 3.8) is 0 Å². The van der Waals surface area contributed by atoms with E-state index in [1.54, 1.807) is 0 Å². The molecule has 0 bridgehead atoms. The van der Waals surface area contributed by atoms with Crippen LogP contribution in [0.2, 0.25) is 0 Å². The molecule has 0 aliphatic heterocycles. The highest BCUT2D eigenvalue weighted by molar-refractivity contribution is 7.75. The van der Waals surface area contributed by atoms with Crippen molar-refractivity contribution in [1.82, 2.24) is 0 Å². The summed E-state index contributed by atoms with van der Waals surface area (Å²) < 4.78 is 217. The third-order valence-corrected chi connectivity index (χ3v) is 3.60. The number of alkyl halides is 16. The largest absolute Gasteiger partial charge is 0.380 e. The van der Waals surface area contributed by atoms with Crippen LogP contribution in [0.15, 0.2) is 0 Å². The molecule has 0 aliphatic carbocycles. The van der Waals surface area contributed by atoms with Gasteiger partial charge in [-0.2, -0.15) is 56.9 Å². The number of rotatable bonds is 12. The van der Waals surface area contributed by atoms with Crippen molar-refractivity contribution in [3.05, 3.63) is 0 Å². The average molecular weight is 510 g/mol. The Morgan fingerprint density at radius 1 is 0.567 bits per heavy atom. The molecule has 0 saturated carbocycles. The zero-order valence-electron chi connectivity index (χ0n) is 13.2. The van der Waals surface area contributed by atoms with Crippen molar-refractivity contribution < 1.29 is 82.8 Å². The van der Waals surface area contributed by atoms with Crippen molar-refractivity contribution >= 4 is 11.4 Å². The van der Waals surface area contributed by atoms with Crippen LogP contribution in [0.3, 0.4) is 0 Å². The van der Waals surface area contributed by atoms with E-state index in [-0.39, 0.29) is 0 Å². The number of hydrogen-bond donors (Lipinski definition) is 0. The van der Waals surface area contributed by atoms with E-state index in [0.717, 1.165) is 0 Å². The van der Waals surface area contributed by atoms with Crippen LogP contribution >= 0.6 is 0 Å². The molecule has 0 aromatic rings. The van der Waals surface area contributed by atoms with Gasteiger partial charge in [-0.3, -0.25) is 8.37 Å². The zero-order valence-corrected chi connectivity index (χ0v) is 14.1. The Bertz CT molecular complexity index is 556. The normalized spacial score (nSPS) is 15.6. The van der Waals surface area contributed by atoms with Crippen molar-refractivity contribution in [1.29, 1.82) is 0 Å². The van der Waals surface area contributed by atoms with E-state index in [4.69, 9.17) is 0 Å². The monoisotopic (exact) mass is 510 g/mol. The fourth-order valence-electron chi connectivity index (χ4n) is 1.22. The Kier molecular flexibility index (Phi) is 8.52. The van der Waals surface area contributed by atoms with E-state index >= 15 is 0 Å². The minimum atomic E-state index is -6.88. The lowest BCUT2D eigenvalue weighted by Crippen LogP contribution is -2.59. The molecule has 0 aliphatic rings. The quantitative estimate of drug-likeness (QED) is 0.349. The maximum Gasteiger partial charge on any atom is 0.380 e. The maximum atomic E-state index is 13.0. The van der Waals surface area contributed by atoms with E-state index in [1.165, 1.54) is 0 Å². The van der Waals surface area contributed by atoms with E-state index < -0.39 is 73.0 Å². The lowest BCUT2D eigenvalue weighted by molar-refractivity contribution is -0.344. The highest BCUT2D eigenvalue weighted by atomic mass is 32.2. The molecule has 0 N–H and O–H groups in total. The Morgan fingerprint density at radius 2 is 0.800 bits per heavy atom. The first-order valence-corrected chi connectivity index (χ1v) is 7.50. The Hall–Kier alpha value is -1.05. The summed E-state index contributed by atoms with van der Waals surface area (Å²) in [5, 5.41) is 0. The van der Waals surface area contributed by atoms with E-state index in [9.17, 15) is 74.5 Å². The molecule has 20 heteroatoms. The minimum absolute atomic E-state index is 3.04. The summed E-state index contributed by atoms with van der Waals surface area (Å²) in [5.74, 6) is -39.7. The second kappa shape index (κ2) is 8.83. The standard InChI is InChI=1S/C10H6F16O3S/c11-3(12)7(19,20)9(23,24)5(15,16)1-28-30(27)29-2-6(17,18)10(25,26)8(21,22)4(13)14/h3-4H,1-2H2. The predicted octanol–water partition coefficient (Wildman–Crippen LogP) is 4.94. The Labute approximate surface area is 157 Å². The topological polar surface area (TPSA) is 35.5 Å². The fraction of sp³-hybridized carbons (Fsp3) is 1.00. The molecule has 0 unspecified atom stereocenters. The fourth-order valence-corrected chi connectivity index (χ4v) is 1.78. The van der Waals surface area contributed by atoms with Gasteiger partial charge in [-0.15, -0.1) is 0 Å². The summed E-state index contributed by atoms with van der Waals surface area (Å²) in [7, 11) is 0. The van der Waals surface area contributed by atoms with Crippen LogP contribution in [0.25, 0.3) is 0 Å². The van der Waals surface area contributed by atoms with Crippen molar-refractivity contribution in [3.8, 4) is 0 Å². The summed E-state index contributed by atoms with van der Waals surface area (Å²) in [5.41, 5.74) is 0. The third kappa shape index (κ3) is 5.22. The molecular weight excluding hydrogens is 504 g/mol. The number of halogens is 16. The van der Waals surface area contributed by atoms with Crippen LogP contribution in [0.4, 0.5) is 70.2 Å². The van der Waals surface area contributed by atoms with Crippen molar-refractivity contribution in [2.75, 3.05) is 13.2 Å². The number of hydrogen-bond acceptors (Lipinski definition) is 3. The Balaban J connectivity index is 5.17. The lowest BCUT2D eigenvalue weighted by atomic mass is 10.1. The molecule has 3 nitrogen and oxygen atoms in total. The highest BCUT2D eigenvalue weighted by Gasteiger charge is 2.76.